The summed E-state index contributed by atoms with van der Waals surface area (Å²) in [7, 11) is 5.15. The minimum atomic E-state index is -0.0547. The van der Waals surface area contributed by atoms with Gasteiger partial charge in [0.25, 0.3) is 0 Å². The lowest BCUT2D eigenvalue weighted by Crippen LogP contribution is -2.15. The van der Waals surface area contributed by atoms with Crippen molar-refractivity contribution in [2.75, 3.05) is 19.5 Å². The van der Waals surface area contributed by atoms with E-state index < -0.39 is 0 Å². The van der Waals surface area contributed by atoms with E-state index in [-0.39, 0.29) is 5.91 Å². The molecule has 1 amide bonds. The van der Waals surface area contributed by atoms with Gasteiger partial charge < -0.3 is 19.4 Å². The number of methoxy groups -OCH3 is 2. The Bertz CT molecular complexity index is 689. The molecular formula is C17H22N2O3. The lowest BCUT2D eigenvalue weighted by molar-refractivity contribution is -0.115. The number of rotatable bonds is 5. The Morgan fingerprint density at radius 2 is 1.82 bits per heavy atom. The average molecular weight is 302 g/mol. The van der Waals surface area contributed by atoms with E-state index >= 15 is 0 Å². The second kappa shape index (κ2) is 6.56. The van der Waals surface area contributed by atoms with Crippen LogP contribution in [0.5, 0.6) is 11.5 Å². The molecule has 0 fully saturated rings. The first-order valence-electron chi connectivity index (χ1n) is 7.10. The summed E-state index contributed by atoms with van der Waals surface area (Å²) in [6.45, 7) is 4.05. The second-order valence-electron chi connectivity index (χ2n) is 5.25. The number of carbonyl (C=O) groups is 1. The maximum atomic E-state index is 12.2. The number of anilines is 1. The SMILES string of the molecule is COc1ccc(NC(=O)Cc2cc(C)n(C)c2C)cc1OC. The van der Waals surface area contributed by atoms with Crippen molar-refractivity contribution in [1.29, 1.82) is 0 Å². The van der Waals surface area contributed by atoms with Gasteiger partial charge in [-0.05, 0) is 37.6 Å². The number of hydrogen-bond donors (Lipinski definition) is 1. The molecule has 0 atom stereocenters. The summed E-state index contributed by atoms with van der Waals surface area (Å²) in [4.78, 5) is 12.2. The largest absolute Gasteiger partial charge is 0.493 e. The summed E-state index contributed by atoms with van der Waals surface area (Å²) in [5.74, 6) is 1.17. The zero-order valence-corrected chi connectivity index (χ0v) is 13.7. The molecule has 2 aromatic rings. The fourth-order valence-corrected chi connectivity index (χ4v) is 2.40. The van der Waals surface area contributed by atoms with E-state index in [0.717, 1.165) is 17.0 Å². The van der Waals surface area contributed by atoms with E-state index in [1.807, 2.05) is 27.0 Å². The van der Waals surface area contributed by atoms with Gasteiger partial charge in [0.1, 0.15) is 0 Å². The molecule has 0 aliphatic heterocycles. The van der Waals surface area contributed by atoms with Crippen LogP contribution in [0.1, 0.15) is 17.0 Å². The van der Waals surface area contributed by atoms with Crippen LogP contribution in [0.2, 0.25) is 0 Å². The van der Waals surface area contributed by atoms with E-state index in [0.29, 0.717) is 23.6 Å². The van der Waals surface area contributed by atoms with Crippen LogP contribution in [0.4, 0.5) is 5.69 Å². The van der Waals surface area contributed by atoms with Gasteiger partial charge in [0.2, 0.25) is 5.91 Å². The molecule has 0 bridgehead atoms. The Kier molecular flexibility index (Phi) is 4.75. The molecule has 0 spiro atoms. The maximum Gasteiger partial charge on any atom is 0.228 e. The molecular weight excluding hydrogens is 280 g/mol. The van der Waals surface area contributed by atoms with Gasteiger partial charge in [0, 0.05) is 30.2 Å². The van der Waals surface area contributed by atoms with E-state index in [2.05, 4.69) is 9.88 Å². The lowest BCUT2D eigenvalue weighted by atomic mass is 10.1. The van der Waals surface area contributed by atoms with Gasteiger partial charge in [0.15, 0.2) is 11.5 Å². The molecule has 2 rings (SSSR count). The maximum absolute atomic E-state index is 12.2. The third kappa shape index (κ3) is 3.24. The highest BCUT2D eigenvalue weighted by Gasteiger charge is 2.12. The number of hydrogen-bond acceptors (Lipinski definition) is 3. The third-order valence-corrected chi connectivity index (χ3v) is 3.90. The Hall–Kier alpha value is -2.43. The molecule has 0 saturated carbocycles. The highest BCUT2D eigenvalue weighted by atomic mass is 16.5. The van der Waals surface area contributed by atoms with Crippen molar-refractivity contribution in [3.05, 3.63) is 41.2 Å². The monoisotopic (exact) mass is 302 g/mol. The number of nitrogens with zero attached hydrogens (tertiary/aromatic N) is 1. The van der Waals surface area contributed by atoms with Crippen molar-refractivity contribution in [1.82, 2.24) is 4.57 Å². The fourth-order valence-electron chi connectivity index (χ4n) is 2.40. The van der Waals surface area contributed by atoms with Gasteiger partial charge in [-0.25, -0.2) is 0 Å². The van der Waals surface area contributed by atoms with Crippen LogP contribution in [-0.4, -0.2) is 24.7 Å². The minimum absolute atomic E-state index is 0.0547. The number of benzene rings is 1. The molecule has 5 nitrogen and oxygen atoms in total. The van der Waals surface area contributed by atoms with E-state index in [1.54, 1.807) is 32.4 Å². The van der Waals surface area contributed by atoms with Gasteiger partial charge in [-0.1, -0.05) is 0 Å². The first kappa shape index (κ1) is 15.9. The number of aryl methyl sites for hydroxylation is 1. The fraction of sp³-hybridized carbons (Fsp3) is 0.353. The topological polar surface area (TPSA) is 52.5 Å². The smallest absolute Gasteiger partial charge is 0.228 e. The lowest BCUT2D eigenvalue weighted by Gasteiger charge is -2.10. The van der Waals surface area contributed by atoms with E-state index in [4.69, 9.17) is 9.47 Å². The second-order valence-corrected chi connectivity index (χ2v) is 5.25. The standard InChI is InChI=1S/C17H22N2O3/c1-11-8-13(12(2)19(11)3)9-17(20)18-14-6-7-15(21-4)16(10-14)22-5/h6-8,10H,9H2,1-5H3,(H,18,20). The molecule has 1 aromatic heterocycles. The van der Waals surface area contributed by atoms with Gasteiger partial charge >= 0.3 is 0 Å². The highest BCUT2D eigenvalue weighted by molar-refractivity contribution is 5.92. The van der Waals surface area contributed by atoms with Crippen LogP contribution in [0.3, 0.4) is 0 Å². The van der Waals surface area contributed by atoms with Crippen molar-refractivity contribution in [3.63, 3.8) is 0 Å². The molecule has 0 aliphatic rings. The number of aromatic nitrogens is 1. The Morgan fingerprint density at radius 3 is 2.36 bits per heavy atom. The molecule has 118 valence electrons. The van der Waals surface area contributed by atoms with Crippen LogP contribution >= 0.6 is 0 Å². The minimum Gasteiger partial charge on any atom is -0.493 e. The zero-order chi connectivity index (χ0) is 16.3. The molecule has 0 aliphatic carbocycles. The van der Waals surface area contributed by atoms with Crippen LogP contribution in [0, 0.1) is 13.8 Å². The Morgan fingerprint density at radius 1 is 1.14 bits per heavy atom. The summed E-state index contributed by atoms with van der Waals surface area (Å²) in [6, 6.07) is 7.36. The van der Waals surface area contributed by atoms with Gasteiger partial charge in [0.05, 0.1) is 20.6 Å². The molecule has 0 unspecified atom stereocenters. The van der Waals surface area contributed by atoms with Crippen LogP contribution in [0.15, 0.2) is 24.3 Å². The summed E-state index contributed by atoms with van der Waals surface area (Å²) in [6.07, 6.45) is 0.349. The number of nitrogens with one attached hydrogen (secondary N) is 1. The molecule has 0 saturated heterocycles. The van der Waals surface area contributed by atoms with Crippen LogP contribution in [-0.2, 0) is 18.3 Å². The van der Waals surface area contributed by atoms with Crippen molar-refractivity contribution in [2.24, 2.45) is 7.05 Å². The molecule has 1 heterocycles. The third-order valence-electron chi connectivity index (χ3n) is 3.90. The van der Waals surface area contributed by atoms with Crippen molar-refractivity contribution >= 4 is 11.6 Å². The predicted molar refractivity (Wildman–Crippen MR) is 86.8 cm³/mol. The van der Waals surface area contributed by atoms with Gasteiger partial charge in [-0.3, -0.25) is 4.79 Å². The number of carbonyl (C=O) groups excluding carboxylic acids is 1. The summed E-state index contributed by atoms with van der Waals surface area (Å²) in [5.41, 5.74) is 3.98. The van der Waals surface area contributed by atoms with Crippen LogP contribution < -0.4 is 14.8 Å². The molecule has 1 aromatic carbocycles. The number of amides is 1. The van der Waals surface area contributed by atoms with Gasteiger partial charge in [-0.15, -0.1) is 0 Å². The van der Waals surface area contributed by atoms with Crippen LogP contribution in [0.25, 0.3) is 0 Å². The quantitative estimate of drug-likeness (QED) is 0.924. The summed E-state index contributed by atoms with van der Waals surface area (Å²) < 4.78 is 12.5. The zero-order valence-electron chi connectivity index (χ0n) is 13.7. The first-order valence-corrected chi connectivity index (χ1v) is 7.10. The Labute approximate surface area is 130 Å². The predicted octanol–water partition coefficient (Wildman–Crippen LogP) is 2.84. The molecule has 1 N–H and O–H groups in total. The first-order chi connectivity index (χ1) is 10.5. The van der Waals surface area contributed by atoms with E-state index in [9.17, 15) is 4.79 Å². The molecule has 5 heteroatoms. The molecule has 0 radical (unpaired) electrons. The number of ether oxygens (including phenoxy) is 2. The molecule has 22 heavy (non-hydrogen) atoms. The normalized spacial score (nSPS) is 10.4. The van der Waals surface area contributed by atoms with Crippen molar-refractivity contribution in [2.45, 2.75) is 20.3 Å². The summed E-state index contributed by atoms with van der Waals surface area (Å²) in [5, 5.41) is 2.89. The average Bonchev–Trinajstić information content (AvgIpc) is 2.74. The Balaban J connectivity index is 2.10. The van der Waals surface area contributed by atoms with Gasteiger partial charge in [-0.2, -0.15) is 0 Å². The summed E-state index contributed by atoms with van der Waals surface area (Å²) >= 11 is 0. The van der Waals surface area contributed by atoms with E-state index in [1.165, 1.54) is 0 Å². The highest BCUT2D eigenvalue weighted by Crippen LogP contribution is 2.29. The van der Waals surface area contributed by atoms with Crippen molar-refractivity contribution in [3.8, 4) is 11.5 Å². The van der Waals surface area contributed by atoms with Crippen molar-refractivity contribution < 1.29 is 14.3 Å².